The lowest BCUT2D eigenvalue weighted by molar-refractivity contribution is 0.302. The van der Waals surface area contributed by atoms with E-state index in [-0.39, 0.29) is 0 Å². The van der Waals surface area contributed by atoms with Crippen molar-refractivity contribution < 1.29 is 16.5 Å². The molecule has 8 heteroatoms. The molecule has 0 radical (unpaired) electrons. The molecule has 0 amide bonds. The number of rotatable bonds is 0. The highest BCUT2D eigenvalue weighted by atomic mass is 28.5. The van der Waals surface area contributed by atoms with E-state index in [9.17, 15) is 0 Å². The fourth-order valence-corrected chi connectivity index (χ4v) is 10.3. The molecule has 1 aliphatic rings. The van der Waals surface area contributed by atoms with Gasteiger partial charge in [-0.25, -0.2) is 0 Å². The van der Waals surface area contributed by atoms with Crippen molar-refractivity contribution in [2.45, 2.75) is 19.6 Å². The first-order chi connectivity index (χ1) is 5.10. The average Bonchev–Trinajstić information content (AvgIpc) is 1.82. The fraction of sp³-hybridized carbons (Fsp3) is 1.00. The molecule has 0 saturated carbocycles. The highest BCUT2D eigenvalue weighted by Gasteiger charge is 2.29. The summed E-state index contributed by atoms with van der Waals surface area (Å²) in [5, 5.41) is 0. The Morgan fingerprint density at radius 1 is 1.27 bits per heavy atom. The summed E-state index contributed by atoms with van der Waals surface area (Å²) in [6, 6.07) is 0. The molecule has 66 valence electrons. The van der Waals surface area contributed by atoms with Crippen molar-refractivity contribution in [2.24, 2.45) is 0 Å². The summed E-state index contributed by atoms with van der Waals surface area (Å²) in [7, 11) is -4.77. The summed E-state index contributed by atoms with van der Waals surface area (Å²) < 4.78 is 22.0. The van der Waals surface area contributed by atoms with Crippen LogP contribution in [-0.2, 0) is 16.5 Å². The van der Waals surface area contributed by atoms with Crippen LogP contribution in [0.2, 0.25) is 19.6 Å². The van der Waals surface area contributed by atoms with E-state index in [1.54, 1.807) is 0 Å². The van der Waals surface area contributed by atoms with Crippen LogP contribution >= 0.6 is 0 Å². The van der Waals surface area contributed by atoms with Gasteiger partial charge in [-0.15, -0.1) is 0 Å². The van der Waals surface area contributed by atoms with Crippen LogP contribution in [0.4, 0.5) is 0 Å². The van der Waals surface area contributed by atoms with Crippen LogP contribution in [-0.4, -0.2) is 37.9 Å². The minimum absolute atomic E-state index is 0.749. The van der Waals surface area contributed by atoms with E-state index in [2.05, 4.69) is 0 Å². The monoisotopic (exact) mass is 226 g/mol. The van der Waals surface area contributed by atoms with Gasteiger partial charge in [0.25, 0.3) is 29.3 Å². The van der Waals surface area contributed by atoms with Gasteiger partial charge in [-0.2, -0.15) is 0 Å². The first-order valence-corrected chi connectivity index (χ1v) is 10.8. The Hall–Kier alpha value is 0.708. The predicted octanol–water partition coefficient (Wildman–Crippen LogP) is -1.38. The zero-order chi connectivity index (χ0) is 8.32. The molecular formula is C3H14O4Si4. The second-order valence-electron chi connectivity index (χ2n) is 2.84. The maximum absolute atomic E-state index is 5.70. The van der Waals surface area contributed by atoms with Gasteiger partial charge in [0.1, 0.15) is 0 Å². The fourth-order valence-electron chi connectivity index (χ4n) is 0.829. The van der Waals surface area contributed by atoms with Crippen molar-refractivity contribution in [3.63, 3.8) is 0 Å². The summed E-state index contributed by atoms with van der Waals surface area (Å²) >= 11 is 0. The Kier molecular flexibility index (Phi) is 3.64. The minimum Gasteiger partial charge on any atom is -0.425 e. The topological polar surface area (TPSA) is 36.9 Å². The summed E-state index contributed by atoms with van der Waals surface area (Å²) in [6.07, 6.45) is 0. The Morgan fingerprint density at radius 2 is 2.00 bits per heavy atom. The van der Waals surface area contributed by atoms with Crippen molar-refractivity contribution in [1.29, 1.82) is 0 Å². The molecule has 0 bridgehead atoms. The highest BCUT2D eigenvalue weighted by Crippen LogP contribution is 2.09. The lowest BCUT2D eigenvalue weighted by atomic mass is 11.9. The van der Waals surface area contributed by atoms with E-state index in [1.807, 2.05) is 19.6 Å². The Morgan fingerprint density at radius 3 is 2.73 bits per heavy atom. The summed E-state index contributed by atoms with van der Waals surface area (Å²) in [6.45, 7) is 6.12. The Bertz CT molecular complexity index is 131. The number of hydrogen-bond acceptors (Lipinski definition) is 4. The molecule has 1 rings (SSSR count). The molecule has 0 aliphatic carbocycles. The second kappa shape index (κ2) is 4.09. The largest absolute Gasteiger partial charge is 0.425 e. The Labute approximate surface area is 74.4 Å². The molecule has 11 heavy (non-hydrogen) atoms. The van der Waals surface area contributed by atoms with Crippen molar-refractivity contribution in [2.75, 3.05) is 0 Å². The van der Waals surface area contributed by atoms with Crippen LogP contribution in [0.1, 0.15) is 0 Å². The van der Waals surface area contributed by atoms with Crippen molar-refractivity contribution in [3.8, 4) is 0 Å². The molecule has 0 N–H and O–H groups in total. The van der Waals surface area contributed by atoms with Gasteiger partial charge in [0.2, 0.25) is 0 Å². The standard InChI is InChI=1S/C3H14O4Si4/c1-10-5-8-4-9-6-11(2,3)7-10/h10H,8-9H2,1-3H3. The van der Waals surface area contributed by atoms with Gasteiger partial charge in [0.05, 0.1) is 0 Å². The van der Waals surface area contributed by atoms with E-state index < -0.39 is 37.9 Å². The first-order valence-electron chi connectivity index (χ1n) is 3.61. The van der Waals surface area contributed by atoms with Crippen LogP contribution in [0.15, 0.2) is 0 Å². The van der Waals surface area contributed by atoms with E-state index in [0.29, 0.717) is 0 Å². The molecular weight excluding hydrogens is 212 g/mol. The molecule has 1 aliphatic heterocycles. The van der Waals surface area contributed by atoms with Gasteiger partial charge in [-0.1, -0.05) is 0 Å². The van der Waals surface area contributed by atoms with E-state index in [1.165, 1.54) is 0 Å². The number of hydrogen-bond donors (Lipinski definition) is 0. The molecule has 1 saturated heterocycles. The average molecular weight is 226 g/mol. The van der Waals surface area contributed by atoms with Gasteiger partial charge in [0, 0.05) is 0 Å². The van der Waals surface area contributed by atoms with Crippen LogP contribution in [0.3, 0.4) is 0 Å². The zero-order valence-corrected chi connectivity index (χ0v) is 12.1. The lowest BCUT2D eigenvalue weighted by Gasteiger charge is -2.29. The maximum Gasteiger partial charge on any atom is 0.313 e. The quantitative estimate of drug-likeness (QED) is 0.477. The second-order valence-corrected chi connectivity index (χ2v) is 12.3. The molecule has 0 spiro atoms. The van der Waals surface area contributed by atoms with Crippen LogP contribution in [0.25, 0.3) is 0 Å². The zero-order valence-electron chi connectivity index (χ0n) is 7.12. The third-order valence-electron chi connectivity index (χ3n) is 1.33. The molecule has 0 aromatic rings. The molecule has 0 aromatic heterocycles. The van der Waals surface area contributed by atoms with Gasteiger partial charge in [-0.3, -0.25) is 0 Å². The minimum atomic E-state index is -1.84. The van der Waals surface area contributed by atoms with Crippen molar-refractivity contribution >= 4 is 37.9 Å². The maximum atomic E-state index is 5.70. The molecule has 1 fully saturated rings. The molecule has 4 nitrogen and oxygen atoms in total. The van der Waals surface area contributed by atoms with Crippen LogP contribution in [0.5, 0.6) is 0 Å². The van der Waals surface area contributed by atoms with Gasteiger partial charge in [0.15, 0.2) is 0 Å². The SMILES string of the molecule is C[SiH]1O[SiH2]O[SiH2]O[Si](C)(C)O1. The third kappa shape index (κ3) is 3.75. The Balaban J connectivity index is 2.42. The van der Waals surface area contributed by atoms with Crippen LogP contribution in [0, 0.1) is 0 Å². The predicted molar refractivity (Wildman–Crippen MR) is 51.9 cm³/mol. The lowest BCUT2D eigenvalue weighted by Crippen LogP contribution is -2.45. The van der Waals surface area contributed by atoms with E-state index >= 15 is 0 Å². The van der Waals surface area contributed by atoms with E-state index in [4.69, 9.17) is 16.5 Å². The first kappa shape index (κ1) is 9.79. The molecule has 1 atom stereocenters. The van der Waals surface area contributed by atoms with Gasteiger partial charge >= 0.3 is 8.56 Å². The van der Waals surface area contributed by atoms with E-state index in [0.717, 1.165) is 0 Å². The highest BCUT2D eigenvalue weighted by molar-refractivity contribution is 6.76. The summed E-state index contributed by atoms with van der Waals surface area (Å²) in [4.78, 5) is 0. The molecule has 0 aromatic carbocycles. The smallest absolute Gasteiger partial charge is 0.313 e. The summed E-state index contributed by atoms with van der Waals surface area (Å²) in [5.41, 5.74) is 0. The van der Waals surface area contributed by atoms with Crippen molar-refractivity contribution in [3.05, 3.63) is 0 Å². The summed E-state index contributed by atoms with van der Waals surface area (Å²) in [5.74, 6) is 0. The van der Waals surface area contributed by atoms with Gasteiger partial charge < -0.3 is 16.5 Å². The normalized spacial score (nSPS) is 36.8. The van der Waals surface area contributed by atoms with Crippen molar-refractivity contribution in [1.82, 2.24) is 0 Å². The third-order valence-corrected chi connectivity index (χ3v) is 11.9. The van der Waals surface area contributed by atoms with Crippen LogP contribution < -0.4 is 0 Å². The molecule has 1 unspecified atom stereocenters. The van der Waals surface area contributed by atoms with Gasteiger partial charge in [-0.05, 0) is 19.6 Å². The molecule has 1 heterocycles.